The summed E-state index contributed by atoms with van der Waals surface area (Å²) in [5.74, 6) is -0.603. The van der Waals surface area contributed by atoms with Crippen molar-refractivity contribution in [3.05, 3.63) is 18.3 Å². The Kier molecular flexibility index (Phi) is 2.49. The molecule has 13 heavy (non-hydrogen) atoms. The smallest absolute Gasteiger partial charge is 0.211 e. The molecule has 0 fully saturated rings. The molecule has 5 nitrogen and oxygen atoms in total. The molecule has 0 aliphatic carbocycles. The van der Waals surface area contributed by atoms with E-state index in [1.807, 2.05) is 0 Å². The third-order valence-corrected chi connectivity index (χ3v) is 2.79. The number of nitrogens with zero attached hydrogens (tertiary/aromatic N) is 2. The van der Waals surface area contributed by atoms with Crippen molar-refractivity contribution in [1.29, 1.82) is 5.26 Å². The third-order valence-electron chi connectivity index (χ3n) is 1.35. The van der Waals surface area contributed by atoms with E-state index in [0.717, 1.165) is 0 Å². The van der Waals surface area contributed by atoms with Gasteiger partial charge in [0, 0.05) is 6.20 Å². The lowest BCUT2D eigenvalue weighted by molar-refractivity contribution is 0.596. The van der Waals surface area contributed by atoms with E-state index in [1.54, 1.807) is 6.07 Å². The van der Waals surface area contributed by atoms with E-state index >= 15 is 0 Å². The standard InChI is InChI=1S/C7H7N3O2S/c8-3-5-13(11,12)7-6(9)2-1-4-10-7/h1-2,4H,5,9H2. The summed E-state index contributed by atoms with van der Waals surface area (Å²) >= 11 is 0. The molecule has 0 aromatic carbocycles. The number of anilines is 1. The molecule has 1 heterocycles. The van der Waals surface area contributed by atoms with E-state index in [9.17, 15) is 8.42 Å². The first kappa shape index (κ1) is 9.48. The SMILES string of the molecule is N#CCS(=O)(=O)c1ncccc1N. The van der Waals surface area contributed by atoms with Gasteiger partial charge in [0.1, 0.15) is 5.75 Å². The normalized spacial score (nSPS) is 10.7. The first-order valence-corrected chi connectivity index (χ1v) is 5.03. The zero-order valence-electron chi connectivity index (χ0n) is 6.64. The molecule has 2 N–H and O–H groups in total. The molecule has 0 unspecified atom stereocenters. The predicted molar refractivity (Wildman–Crippen MR) is 46.3 cm³/mol. The van der Waals surface area contributed by atoms with Crippen LogP contribution in [0.4, 0.5) is 5.69 Å². The summed E-state index contributed by atoms with van der Waals surface area (Å²) in [6.45, 7) is 0. The van der Waals surface area contributed by atoms with Crippen molar-refractivity contribution in [3.8, 4) is 6.07 Å². The summed E-state index contributed by atoms with van der Waals surface area (Å²) in [7, 11) is -3.64. The Morgan fingerprint density at radius 3 is 2.85 bits per heavy atom. The highest BCUT2D eigenvalue weighted by molar-refractivity contribution is 7.91. The van der Waals surface area contributed by atoms with E-state index in [1.165, 1.54) is 18.3 Å². The Hall–Kier alpha value is -1.61. The van der Waals surface area contributed by atoms with Crippen LogP contribution < -0.4 is 5.73 Å². The van der Waals surface area contributed by atoms with Gasteiger partial charge in [-0.1, -0.05) is 0 Å². The van der Waals surface area contributed by atoms with Crippen molar-refractivity contribution in [2.75, 3.05) is 11.5 Å². The maximum atomic E-state index is 11.3. The number of rotatable bonds is 2. The van der Waals surface area contributed by atoms with Gasteiger partial charge in [0.25, 0.3) is 0 Å². The molecular weight excluding hydrogens is 190 g/mol. The first-order chi connectivity index (χ1) is 6.08. The van der Waals surface area contributed by atoms with Crippen LogP contribution >= 0.6 is 0 Å². The zero-order valence-corrected chi connectivity index (χ0v) is 7.45. The van der Waals surface area contributed by atoms with Crippen LogP contribution in [0.2, 0.25) is 0 Å². The van der Waals surface area contributed by atoms with Gasteiger partial charge >= 0.3 is 0 Å². The highest BCUT2D eigenvalue weighted by atomic mass is 32.2. The first-order valence-electron chi connectivity index (χ1n) is 3.38. The predicted octanol–water partition coefficient (Wildman–Crippen LogP) is -0.0389. The Bertz CT molecular complexity index is 447. The van der Waals surface area contributed by atoms with E-state index in [2.05, 4.69) is 4.98 Å². The van der Waals surface area contributed by atoms with Gasteiger partial charge in [-0.25, -0.2) is 13.4 Å². The monoisotopic (exact) mass is 197 g/mol. The number of nitriles is 1. The Morgan fingerprint density at radius 1 is 1.62 bits per heavy atom. The highest BCUT2D eigenvalue weighted by Crippen LogP contribution is 2.14. The van der Waals surface area contributed by atoms with Crippen LogP contribution in [0.1, 0.15) is 0 Å². The van der Waals surface area contributed by atoms with Gasteiger partial charge in [0.05, 0.1) is 11.8 Å². The fourth-order valence-electron chi connectivity index (χ4n) is 0.816. The van der Waals surface area contributed by atoms with Crippen LogP contribution in [0, 0.1) is 11.3 Å². The molecule has 1 rings (SSSR count). The molecular formula is C7H7N3O2S. The van der Waals surface area contributed by atoms with Crippen LogP contribution in [-0.4, -0.2) is 19.2 Å². The van der Waals surface area contributed by atoms with Gasteiger partial charge in [-0.05, 0) is 12.1 Å². The summed E-state index contributed by atoms with van der Waals surface area (Å²) < 4.78 is 22.6. The summed E-state index contributed by atoms with van der Waals surface area (Å²) in [5, 5.41) is 8.03. The van der Waals surface area contributed by atoms with Crippen molar-refractivity contribution in [2.24, 2.45) is 0 Å². The lowest BCUT2D eigenvalue weighted by Crippen LogP contribution is -2.09. The van der Waals surface area contributed by atoms with Gasteiger partial charge in [0.15, 0.2) is 5.03 Å². The third kappa shape index (κ3) is 1.95. The van der Waals surface area contributed by atoms with E-state index in [0.29, 0.717) is 0 Å². The molecule has 0 spiro atoms. The second-order valence-electron chi connectivity index (χ2n) is 2.31. The number of aromatic nitrogens is 1. The molecule has 0 saturated carbocycles. The molecule has 6 heteroatoms. The quantitative estimate of drug-likeness (QED) is 0.717. The number of hydrogen-bond donors (Lipinski definition) is 1. The topological polar surface area (TPSA) is 96.8 Å². The number of pyridine rings is 1. The summed E-state index contributed by atoms with van der Waals surface area (Å²) in [5.41, 5.74) is 5.45. The molecule has 0 atom stereocenters. The number of sulfone groups is 1. The maximum Gasteiger partial charge on any atom is 0.211 e. The van der Waals surface area contributed by atoms with Crippen molar-refractivity contribution in [2.45, 2.75) is 5.03 Å². The minimum atomic E-state index is -3.64. The van der Waals surface area contributed by atoms with Crippen molar-refractivity contribution in [3.63, 3.8) is 0 Å². The molecule has 0 aliphatic heterocycles. The Morgan fingerprint density at radius 2 is 2.31 bits per heavy atom. The summed E-state index contributed by atoms with van der Waals surface area (Å²) in [6, 6.07) is 4.51. The van der Waals surface area contributed by atoms with Crippen LogP contribution in [0.15, 0.2) is 23.4 Å². The van der Waals surface area contributed by atoms with Gasteiger partial charge < -0.3 is 5.73 Å². The number of nitrogens with two attached hydrogens (primary N) is 1. The Balaban J connectivity index is 3.25. The lowest BCUT2D eigenvalue weighted by atomic mass is 10.4. The minimum absolute atomic E-state index is 0.0674. The minimum Gasteiger partial charge on any atom is -0.396 e. The second kappa shape index (κ2) is 3.41. The van der Waals surface area contributed by atoms with E-state index in [-0.39, 0.29) is 10.7 Å². The summed E-state index contributed by atoms with van der Waals surface area (Å²) in [6.07, 6.45) is 1.32. The molecule has 68 valence electrons. The molecule has 1 aromatic rings. The number of hydrogen-bond acceptors (Lipinski definition) is 5. The van der Waals surface area contributed by atoms with Crippen LogP contribution in [0.3, 0.4) is 0 Å². The van der Waals surface area contributed by atoms with Gasteiger partial charge in [0.2, 0.25) is 9.84 Å². The molecule has 0 radical (unpaired) electrons. The average molecular weight is 197 g/mol. The van der Waals surface area contributed by atoms with Crippen LogP contribution in [0.25, 0.3) is 0 Å². The molecule has 0 aliphatic rings. The zero-order chi connectivity index (χ0) is 9.90. The van der Waals surface area contributed by atoms with Gasteiger partial charge in [-0.2, -0.15) is 5.26 Å². The maximum absolute atomic E-state index is 11.3. The fraction of sp³-hybridized carbons (Fsp3) is 0.143. The molecule has 0 amide bonds. The van der Waals surface area contributed by atoms with Crippen molar-refractivity contribution in [1.82, 2.24) is 4.98 Å². The average Bonchev–Trinajstić information content (AvgIpc) is 2.04. The van der Waals surface area contributed by atoms with Crippen LogP contribution in [0.5, 0.6) is 0 Å². The van der Waals surface area contributed by atoms with Gasteiger partial charge in [-0.3, -0.25) is 0 Å². The Labute approximate surface area is 75.7 Å². The molecule has 0 saturated heterocycles. The second-order valence-corrected chi connectivity index (χ2v) is 4.22. The van der Waals surface area contributed by atoms with Crippen molar-refractivity contribution >= 4 is 15.5 Å². The molecule has 0 bridgehead atoms. The van der Waals surface area contributed by atoms with E-state index in [4.69, 9.17) is 11.0 Å². The lowest BCUT2D eigenvalue weighted by Gasteiger charge is -2.01. The number of nitrogen functional groups attached to an aromatic ring is 1. The largest absolute Gasteiger partial charge is 0.396 e. The fourth-order valence-corrected chi connectivity index (χ4v) is 1.77. The van der Waals surface area contributed by atoms with E-state index < -0.39 is 15.6 Å². The summed E-state index contributed by atoms with van der Waals surface area (Å²) in [4.78, 5) is 3.60. The molecule has 1 aromatic heterocycles. The van der Waals surface area contributed by atoms with Crippen LogP contribution in [-0.2, 0) is 9.84 Å². The van der Waals surface area contributed by atoms with Crippen molar-refractivity contribution < 1.29 is 8.42 Å². The van der Waals surface area contributed by atoms with Gasteiger partial charge in [-0.15, -0.1) is 0 Å². The highest BCUT2D eigenvalue weighted by Gasteiger charge is 2.17.